The van der Waals surface area contributed by atoms with Gasteiger partial charge in [-0.15, -0.1) is 0 Å². The maximum atomic E-state index is 11.5. The molecule has 7 nitrogen and oxygen atoms in total. The Bertz CT molecular complexity index is 384. The molecule has 3 N–H and O–H groups in total. The van der Waals surface area contributed by atoms with Crippen molar-refractivity contribution in [1.82, 2.24) is 4.72 Å². The first-order valence-corrected chi connectivity index (χ1v) is 6.12. The number of aliphatic carboxylic acids is 1. The van der Waals surface area contributed by atoms with Gasteiger partial charge in [-0.1, -0.05) is 6.92 Å². The van der Waals surface area contributed by atoms with Crippen LogP contribution in [0.5, 0.6) is 0 Å². The average Bonchev–Trinajstić information content (AvgIpc) is 2.14. The largest absolute Gasteiger partial charge is 0.480 e. The van der Waals surface area contributed by atoms with Crippen LogP contribution in [-0.4, -0.2) is 42.0 Å². The van der Waals surface area contributed by atoms with Crippen LogP contribution in [0.3, 0.4) is 0 Å². The zero-order valence-corrected chi connectivity index (χ0v) is 9.73. The van der Waals surface area contributed by atoms with Gasteiger partial charge in [-0.05, 0) is 13.3 Å². The number of aliphatic hydroxyl groups is 1. The molecule has 0 fully saturated rings. The van der Waals surface area contributed by atoms with Crippen molar-refractivity contribution < 1.29 is 23.4 Å². The minimum atomic E-state index is -4.06. The highest BCUT2D eigenvalue weighted by Gasteiger charge is 2.32. The maximum absolute atomic E-state index is 11.5. The lowest BCUT2D eigenvalue weighted by molar-refractivity contribution is -0.141. The van der Waals surface area contributed by atoms with E-state index in [2.05, 4.69) is 0 Å². The van der Waals surface area contributed by atoms with E-state index in [1.54, 1.807) is 10.8 Å². The van der Waals surface area contributed by atoms with Crippen LogP contribution < -0.4 is 4.72 Å². The second kappa shape index (κ2) is 5.79. The van der Waals surface area contributed by atoms with Crippen molar-refractivity contribution in [2.45, 2.75) is 37.7 Å². The summed E-state index contributed by atoms with van der Waals surface area (Å²) in [7, 11) is -4.06. The number of rotatable bonds is 6. The van der Waals surface area contributed by atoms with E-state index >= 15 is 0 Å². The van der Waals surface area contributed by atoms with Crippen molar-refractivity contribution in [2.75, 3.05) is 0 Å². The van der Waals surface area contributed by atoms with Gasteiger partial charge in [-0.3, -0.25) is 4.79 Å². The van der Waals surface area contributed by atoms with Gasteiger partial charge in [0, 0.05) is 0 Å². The van der Waals surface area contributed by atoms with E-state index in [1.807, 2.05) is 0 Å². The van der Waals surface area contributed by atoms with Crippen molar-refractivity contribution in [1.29, 1.82) is 5.26 Å². The summed E-state index contributed by atoms with van der Waals surface area (Å²) in [6.45, 7) is 2.64. The monoisotopic (exact) mass is 250 g/mol. The molecule has 0 aliphatic carbocycles. The number of nitriles is 1. The molecule has 3 atom stereocenters. The van der Waals surface area contributed by atoms with Crippen molar-refractivity contribution >= 4 is 16.0 Å². The summed E-state index contributed by atoms with van der Waals surface area (Å²) in [5.41, 5.74) is 0. The first-order valence-electron chi connectivity index (χ1n) is 4.57. The molecule has 0 spiro atoms. The lowest BCUT2D eigenvalue weighted by Gasteiger charge is -2.18. The molecular formula is C8H14N2O5S. The fraction of sp³-hybridized carbons (Fsp3) is 0.750. The molecule has 0 saturated carbocycles. The normalized spacial score (nSPS) is 17.1. The summed E-state index contributed by atoms with van der Waals surface area (Å²) in [5.74, 6) is -1.49. The van der Waals surface area contributed by atoms with Gasteiger partial charge >= 0.3 is 5.97 Å². The highest BCUT2D eigenvalue weighted by atomic mass is 32.2. The summed E-state index contributed by atoms with van der Waals surface area (Å²) < 4.78 is 24.8. The van der Waals surface area contributed by atoms with Gasteiger partial charge in [0.2, 0.25) is 10.0 Å². The standard InChI is InChI=1S/C8H14N2O5S/c1-3-6(4-9)16(14,15)10-7(5(2)11)8(12)13/h5-7,10-11H,3H2,1-2H3,(H,12,13)/t5-,6?,7+/m1/s1. The third-order valence-electron chi connectivity index (χ3n) is 1.93. The van der Waals surface area contributed by atoms with Gasteiger partial charge in [-0.25, -0.2) is 8.42 Å². The van der Waals surface area contributed by atoms with Gasteiger partial charge in [0.15, 0.2) is 5.25 Å². The van der Waals surface area contributed by atoms with Gasteiger partial charge < -0.3 is 10.2 Å². The molecule has 16 heavy (non-hydrogen) atoms. The van der Waals surface area contributed by atoms with Gasteiger partial charge in [0.25, 0.3) is 0 Å². The molecule has 0 bridgehead atoms. The van der Waals surface area contributed by atoms with Crippen LogP contribution in [-0.2, 0) is 14.8 Å². The van der Waals surface area contributed by atoms with E-state index in [0.29, 0.717) is 0 Å². The molecule has 0 heterocycles. The predicted octanol–water partition coefficient (Wildman–Crippen LogP) is -0.958. The Morgan fingerprint density at radius 2 is 2.06 bits per heavy atom. The van der Waals surface area contributed by atoms with E-state index in [4.69, 9.17) is 15.5 Å². The van der Waals surface area contributed by atoms with Gasteiger partial charge in [0.05, 0.1) is 12.2 Å². The molecule has 0 aliphatic rings. The van der Waals surface area contributed by atoms with Crippen LogP contribution in [0.4, 0.5) is 0 Å². The number of nitrogens with zero attached hydrogens (tertiary/aromatic N) is 1. The Kier molecular flexibility index (Phi) is 5.37. The van der Waals surface area contributed by atoms with Crippen LogP contribution in [0.1, 0.15) is 20.3 Å². The molecule has 0 amide bonds. The smallest absolute Gasteiger partial charge is 0.324 e. The number of carboxylic acid groups (broad SMARTS) is 1. The molecule has 92 valence electrons. The first-order chi connectivity index (χ1) is 7.26. The molecule has 0 aliphatic heterocycles. The fourth-order valence-corrected chi connectivity index (χ4v) is 2.39. The number of hydrogen-bond acceptors (Lipinski definition) is 5. The summed E-state index contributed by atoms with van der Waals surface area (Å²) in [6.07, 6.45) is -1.35. The van der Waals surface area contributed by atoms with Crippen LogP contribution >= 0.6 is 0 Å². The molecule has 0 aromatic rings. The fourth-order valence-electron chi connectivity index (χ4n) is 0.994. The van der Waals surface area contributed by atoms with Crippen molar-refractivity contribution in [3.05, 3.63) is 0 Å². The van der Waals surface area contributed by atoms with Crippen molar-refractivity contribution in [2.24, 2.45) is 0 Å². The van der Waals surface area contributed by atoms with E-state index in [1.165, 1.54) is 6.92 Å². The molecule has 0 rings (SSSR count). The number of aliphatic hydroxyl groups excluding tert-OH is 1. The SMILES string of the molecule is CCC(C#N)S(=O)(=O)N[C@H](C(=O)O)[C@@H](C)O. The summed E-state index contributed by atoms with van der Waals surface area (Å²) >= 11 is 0. The Morgan fingerprint density at radius 1 is 1.56 bits per heavy atom. The maximum Gasteiger partial charge on any atom is 0.324 e. The van der Waals surface area contributed by atoms with Crippen LogP contribution in [0.2, 0.25) is 0 Å². The van der Waals surface area contributed by atoms with E-state index in [9.17, 15) is 13.2 Å². The Balaban J connectivity index is 4.95. The highest BCUT2D eigenvalue weighted by Crippen LogP contribution is 2.05. The minimum Gasteiger partial charge on any atom is -0.480 e. The third kappa shape index (κ3) is 3.77. The second-order valence-electron chi connectivity index (χ2n) is 3.25. The van der Waals surface area contributed by atoms with E-state index < -0.39 is 33.4 Å². The van der Waals surface area contributed by atoms with E-state index in [-0.39, 0.29) is 6.42 Å². The second-order valence-corrected chi connectivity index (χ2v) is 5.14. The van der Waals surface area contributed by atoms with Crippen molar-refractivity contribution in [3.63, 3.8) is 0 Å². The topological polar surface area (TPSA) is 127 Å². The molecule has 1 unspecified atom stereocenters. The average molecular weight is 250 g/mol. The Morgan fingerprint density at radius 3 is 2.31 bits per heavy atom. The zero-order chi connectivity index (χ0) is 12.9. The molecule has 0 aromatic heterocycles. The lowest BCUT2D eigenvalue weighted by atomic mass is 10.2. The van der Waals surface area contributed by atoms with E-state index in [0.717, 1.165) is 6.92 Å². The number of nitrogens with one attached hydrogen (secondary N) is 1. The molecule has 8 heteroatoms. The molecule has 0 radical (unpaired) electrons. The van der Waals surface area contributed by atoms with Crippen molar-refractivity contribution in [3.8, 4) is 6.07 Å². The third-order valence-corrected chi connectivity index (χ3v) is 3.70. The molecule has 0 saturated heterocycles. The number of sulfonamides is 1. The first kappa shape index (κ1) is 14.8. The van der Waals surface area contributed by atoms with Crippen LogP contribution in [0, 0.1) is 11.3 Å². The Hall–Kier alpha value is -1.17. The zero-order valence-electron chi connectivity index (χ0n) is 8.91. The predicted molar refractivity (Wildman–Crippen MR) is 54.9 cm³/mol. The Labute approximate surface area is 93.7 Å². The summed E-state index contributed by atoms with van der Waals surface area (Å²) in [6, 6.07) is -0.0957. The summed E-state index contributed by atoms with van der Waals surface area (Å²) in [4.78, 5) is 10.6. The van der Waals surface area contributed by atoms with Gasteiger partial charge in [-0.2, -0.15) is 9.98 Å². The number of carboxylic acids is 1. The molecule has 0 aromatic carbocycles. The lowest BCUT2D eigenvalue weighted by Crippen LogP contribution is -2.50. The van der Waals surface area contributed by atoms with Crippen LogP contribution in [0.25, 0.3) is 0 Å². The summed E-state index contributed by atoms with van der Waals surface area (Å²) in [5, 5.41) is 25.0. The number of carbonyl (C=O) groups is 1. The quantitative estimate of drug-likeness (QED) is 0.557. The minimum absolute atomic E-state index is 0.0397. The molecular weight excluding hydrogens is 236 g/mol. The highest BCUT2D eigenvalue weighted by molar-refractivity contribution is 7.90. The number of hydrogen-bond donors (Lipinski definition) is 3. The van der Waals surface area contributed by atoms with Gasteiger partial charge in [0.1, 0.15) is 6.04 Å². The van der Waals surface area contributed by atoms with Crippen LogP contribution in [0.15, 0.2) is 0 Å².